The molecule has 0 saturated heterocycles. The van der Waals surface area contributed by atoms with E-state index in [-0.39, 0.29) is 18.3 Å². The summed E-state index contributed by atoms with van der Waals surface area (Å²) in [4.78, 5) is 21.7. The number of amides is 1. The van der Waals surface area contributed by atoms with Crippen LogP contribution in [-0.4, -0.2) is 54.6 Å². The fourth-order valence-corrected chi connectivity index (χ4v) is 3.37. The van der Waals surface area contributed by atoms with E-state index in [4.69, 9.17) is 14.7 Å². The molecule has 2 heterocycles. The van der Waals surface area contributed by atoms with E-state index in [2.05, 4.69) is 39.8 Å². The number of nitriles is 1. The molecule has 0 radical (unpaired) electrons. The van der Waals surface area contributed by atoms with E-state index in [1.54, 1.807) is 6.20 Å². The second-order valence-corrected chi connectivity index (χ2v) is 8.05. The third kappa shape index (κ3) is 8.72. The van der Waals surface area contributed by atoms with Crippen LogP contribution in [0, 0.1) is 11.3 Å². The predicted molar refractivity (Wildman–Crippen MR) is 124 cm³/mol. The first kappa shape index (κ1) is 27.9. The van der Waals surface area contributed by atoms with Crippen molar-refractivity contribution in [3.05, 3.63) is 48.6 Å². The predicted octanol–water partition coefficient (Wildman–Crippen LogP) is 4.22. The van der Waals surface area contributed by atoms with Crippen molar-refractivity contribution in [2.45, 2.75) is 50.8 Å². The number of carbonyl (C=O) groups excluding carboxylic acids is 1. The Kier molecular flexibility index (Phi) is 10.3. The van der Waals surface area contributed by atoms with Crippen molar-refractivity contribution in [3.8, 4) is 11.8 Å². The van der Waals surface area contributed by atoms with Gasteiger partial charge in [0.1, 0.15) is 18.2 Å². The molecule has 1 N–H and O–H groups in total. The third-order valence-electron chi connectivity index (χ3n) is 5.59. The largest absolute Gasteiger partial charge is 0.482 e. The number of hydrogen-bond acceptors (Lipinski definition) is 7. The molecule has 8 nitrogen and oxygen atoms in total. The number of aromatic nitrogens is 1. The molecule has 1 fully saturated rings. The van der Waals surface area contributed by atoms with Crippen LogP contribution in [0.1, 0.15) is 44.6 Å². The van der Waals surface area contributed by atoms with Gasteiger partial charge < -0.3 is 19.7 Å². The van der Waals surface area contributed by atoms with Crippen LogP contribution in [-0.2, 0) is 15.1 Å². The van der Waals surface area contributed by atoms with Crippen LogP contribution < -0.4 is 10.1 Å². The molecule has 3 rings (SSSR count). The number of nitrogens with zero attached hydrogens (tertiary/aromatic N) is 4. The van der Waals surface area contributed by atoms with Gasteiger partial charge in [-0.2, -0.15) is 18.4 Å². The monoisotopic (exact) mass is 493 g/mol. The highest BCUT2D eigenvalue weighted by Gasteiger charge is 2.41. The molecule has 0 atom stereocenters. The number of alkyl halides is 3. The Morgan fingerprint density at radius 3 is 2.63 bits per heavy atom. The molecule has 2 aliphatic rings. The molecule has 1 aromatic rings. The summed E-state index contributed by atoms with van der Waals surface area (Å²) in [6.45, 7) is 4.89. The molecular formula is C24H30F3N5O3. The van der Waals surface area contributed by atoms with Gasteiger partial charge in [0.15, 0.2) is 6.61 Å². The lowest BCUT2D eigenvalue weighted by Crippen LogP contribution is -2.40. The molecule has 0 spiro atoms. The van der Waals surface area contributed by atoms with Gasteiger partial charge in [0.05, 0.1) is 17.9 Å². The van der Waals surface area contributed by atoms with Crippen molar-refractivity contribution >= 4 is 11.7 Å². The van der Waals surface area contributed by atoms with Gasteiger partial charge in [0.25, 0.3) is 0 Å². The number of rotatable bonds is 8. The molecule has 35 heavy (non-hydrogen) atoms. The number of amidine groups is 1. The number of carbonyl (C=O) groups is 1. The first-order valence-corrected chi connectivity index (χ1v) is 11.2. The van der Waals surface area contributed by atoms with E-state index in [9.17, 15) is 18.0 Å². The van der Waals surface area contributed by atoms with Crippen molar-refractivity contribution in [2.24, 2.45) is 4.99 Å². The first-order valence-electron chi connectivity index (χ1n) is 11.2. The smallest absolute Gasteiger partial charge is 0.422 e. The van der Waals surface area contributed by atoms with Crippen LogP contribution in [0.15, 0.2) is 48.0 Å². The minimum absolute atomic E-state index is 0.0187. The number of hydrogen-bond donors (Lipinski definition) is 1. The molecule has 11 heteroatoms. The quantitative estimate of drug-likeness (QED) is 0.582. The minimum atomic E-state index is -4.41. The molecule has 1 saturated carbocycles. The third-order valence-corrected chi connectivity index (χ3v) is 5.59. The zero-order valence-corrected chi connectivity index (χ0v) is 19.9. The molecule has 0 unspecified atom stereocenters. The van der Waals surface area contributed by atoms with Gasteiger partial charge >= 0.3 is 6.18 Å². The molecule has 1 aliphatic carbocycles. The Morgan fingerprint density at radius 2 is 2.11 bits per heavy atom. The molecule has 190 valence electrons. The van der Waals surface area contributed by atoms with E-state index in [0.717, 1.165) is 37.2 Å². The number of halogens is 3. The lowest BCUT2D eigenvalue weighted by molar-refractivity contribution is -0.153. The zero-order chi connectivity index (χ0) is 25.9. The molecule has 1 aliphatic heterocycles. The lowest BCUT2D eigenvalue weighted by atomic mass is 9.75. The second-order valence-electron chi connectivity index (χ2n) is 8.05. The first-order chi connectivity index (χ1) is 16.6. The van der Waals surface area contributed by atoms with Gasteiger partial charge in [-0.25, -0.2) is 4.99 Å². The summed E-state index contributed by atoms with van der Waals surface area (Å²) in [7, 11) is 2.02. The van der Waals surface area contributed by atoms with E-state index in [1.807, 2.05) is 7.05 Å². The van der Waals surface area contributed by atoms with Crippen LogP contribution >= 0.6 is 0 Å². The fraction of sp³-hybridized carbons (Fsp3) is 0.500. The summed E-state index contributed by atoms with van der Waals surface area (Å²) >= 11 is 0. The molecule has 0 aromatic carbocycles. The van der Waals surface area contributed by atoms with E-state index in [0.29, 0.717) is 18.4 Å². The summed E-state index contributed by atoms with van der Waals surface area (Å²) in [6, 6.07) is 3.59. The Hall–Kier alpha value is -3.39. The summed E-state index contributed by atoms with van der Waals surface area (Å²) in [5.41, 5.74) is 0.682. The van der Waals surface area contributed by atoms with Gasteiger partial charge in [-0.3, -0.25) is 9.78 Å². The maximum absolute atomic E-state index is 12.2. The minimum Gasteiger partial charge on any atom is -0.482 e. The van der Waals surface area contributed by atoms with Crippen molar-refractivity contribution < 1.29 is 27.4 Å². The number of nitrogens with one attached hydrogen (secondary N) is 1. The fourth-order valence-electron chi connectivity index (χ4n) is 3.37. The van der Waals surface area contributed by atoms with Gasteiger partial charge in [0, 0.05) is 43.5 Å². The highest BCUT2D eigenvalue weighted by Crippen LogP contribution is 2.45. The maximum atomic E-state index is 12.2. The van der Waals surface area contributed by atoms with Crippen molar-refractivity contribution in [3.63, 3.8) is 0 Å². The van der Waals surface area contributed by atoms with Gasteiger partial charge in [0.2, 0.25) is 5.91 Å². The number of aliphatic imine (C=N–C) groups is 1. The van der Waals surface area contributed by atoms with Crippen LogP contribution in [0.2, 0.25) is 0 Å². The Morgan fingerprint density at radius 1 is 1.37 bits per heavy atom. The summed E-state index contributed by atoms with van der Waals surface area (Å²) < 4.78 is 47.0. The maximum Gasteiger partial charge on any atom is 0.422 e. The van der Waals surface area contributed by atoms with E-state index >= 15 is 0 Å². The van der Waals surface area contributed by atoms with E-state index in [1.165, 1.54) is 24.7 Å². The van der Waals surface area contributed by atoms with Crippen LogP contribution in [0.5, 0.6) is 5.75 Å². The van der Waals surface area contributed by atoms with E-state index < -0.39 is 18.4 Å². The standard InChI is InChI=1S/C15H17F3N2O3.C9H13N3/c1-2-20-13(21)9-23-14(4-3-5-14)11-6-12(8-19-7-11)22-10-15(16,17)18;1-3-12(2)9-5-4-8(6-10)7-11-9/h2,6-8H,1,3-5,9-10H2,(H,20,21);7H,3-5H2,1-2H3. The Balaban J connectivity index is 0.000000303. The Bertz CT molecular complexity index is 981. The van der Waals surface area contributed by atoms with Gasteiger partial charge in [-0.15, -0.1) is 0 Å². The van der Waals surface area contributed by atoms with Crippen LogP contribution in [0.4, 0.5) is 13.2 Å². The molecular weight excluding hydrogens is 463 g/mol. The number of ether oxygens (including phenoxy) is 2. The topological polar surface area (TPSA) is 99.8 Å². The summed E-state index contributed by atoms with van der Waals surface area (Å²) in [5.74, 6) is 0.755. The van der Waals surface area contributed by atoms with Crippen molar-refractivity contribution in [2.75, 3.05) is 26.8 Å². The lowest BCUT2D eigenvalue weighted by Gasteiger charge is -2.41. The Labute approximate surface area is 203 Å². The zero-order valence-electron chi connectivity index (χ0n) is 19.9. The SMILES string of the molecule is C=CNC(=O)COC1(c2cncc(OCC(F)(F)F)c2)CCC1.CCN(C)C1=NC=C(C#N)CC1. The van der Waals surface area contributed by atoms with Gasteiger partial charge in [-0.05, 0) is 44.9 Å². The van der Waals surface area contributed by atoms with Gasteiger partial charge in [-0.1, -0.05) is 6.58 Å². The normalized spacial score (nSPS) is 16.2. The summed E-state index contributed by atoms with van der Waals surface area (Å²) in [6.07, 6.45) is 5.20. The average molecular weight is 494 g/mol. The average Bonchev–Trinajstić information content (AvgIpc) is 2.82. The van der Waals surface area contributed by atoms with Crippen LogP contribution in [0.3, 0.4) is 0 Å². The summed E-state index contributed by atoms with van der Waals surface area (Å²) in [5, 5.41) is 11.0. The number of pyridine rings is 1. The molecule has 1 aromatic heterocycles. The second kappa shape index (κ2) is 12.9. The highest BCUT2D eigenvalue weighted by molar-refractivity contribution is 5.84. The van der Waals surface area contributed by atoms with Crippen LogP contribution in [0.25, 0.3) is 0 Å². The number of allylic oxidation sites excluding steroid dienone is 1. The molecule has 1 amide bonds. The highest BCUT2D eigenvalue weighted by atomic mass is 19.4. The van der Waals surface area contributed by atoms with Crippen molar-refractivity contribution in [1.82, 2.24) is 15.2 Å². The van der Waals surface area contributed by atoms with Crippen molar-refractivity contribution in [1.29, 1.82) is 5.26 Å². The molecule has 0 bridgehead atoms.